The van der Waals surface area contributed by atoms with Crippen LogP contribution in [0.2, 0.25) is 0 Å². The van der Waals surface area contributed by atoms with E-state index in [1.165, 1.54) is 12.3 Å². The van der Waals surface area contributed by atoms with Gasteiger partial charge in [0.15, 0.2) is 17.2 Å². The predicted octanol–water partition coefficient (Wildman–Crippen LogP) is 3.53. The van der Waals surface area contributed by atoms with Crippen molar-refractivity contribution in [2.45, 2.75) is 13.0 Å². The van der Waals surface area contributed by atoms with Crippen LogP contribution in [0, 0.1) is 11.6 Å². The van der Waals surface area contributed by atoms with Crippen LogP contribution in [0.15, 0.2) is 41.0 Å². The van der Waals surface area contributed by atoms with Crippen molar-refractivity contribution in [1.82, 2.24) is 10.3 Å². The molecule has 0 saturated heterocycles. The SMILES string of the molecule is CC(NC(=O)c1cc2occc2[nH]1)c1ccc(F)c(F)c1. The lowest BCUT2D eigenvalue weighted by Crippen LogP contribution is -2.27. The predicted molar refractivity (Wildman–Crippen MR) is 72.8 cm³/mol. The Morgan fingerprint density at radius 1 is 1.24 bits per heavy atom. The number of fused-ring (bicyclic) bond motifs is 1. The Balaban J connectivity index is 1.77. The fourth-order valence-electron chi connectivity index (χ4n) is 2.11. The highest BCUT2D eigenvalue weighted by Gasteiger charge is 2.15. The average molecular weight is 290 g/mol. The lowest BCUT2D eigenvalue weighted by molar-refractivity contribution is 0.0935. The summed E-state index contributed by atoms with van der Waals surface area (Å²) < 4.78 is 31.3. The topological polar surface area (TPSA) is 58.0 Å². The van der Waals surface area contributed by atoms with Crippen LogP contribution in [0.3, 0.4) is 0 Å². The first-order valence-electron chi connectivity index (χ1n) is 6.36. The molecule has 2 heterocycles. The van der Waals surface area contributed by atoms with Crippen LogP contribution in [0.25, 0.3) is 11.1 Å². The van der Waals surface area contributed by atoms with Crippen molar-refractivity contribution in [3.8, 4) is 0 Å². The van der Waals surface area contributed by atoms with E-state index >= 15 is 0 Å². The smallest absolute Gasteiger partial charge is 0.268 e. The van der Waals surface area contributed by atoms with Crippen molar-refractivity contribution in [3.63, 3.8) is 0 Å². The zero-order valence-electron chi connectivity index (χ0n) is 11.1. The second kappa shape index (κ2) is 5.05. The minimum absolute atomic E-state index is 0.346. The molecule has 1 unspecified atom stereocenters. The summed E-state index contributed by atoms with van der Waals surface area (Å²) in [6.07, 6.45) is 1.52. The van der Waals surface area contributed by atoms with Crippen molar-refractivity contribution in [2.75, 3.05) is 0 Å². The van der Waals surface area contributed by atoms with E-state index in [9.17, 15) is 13.6 Å². The number of furan rings is 1. The summed E-state index contributed by atoms with van der Waals surface area (Å²) in [6.45, 7) is 1.69. The lowest BCUT2D eigenvalue weighted by atomic mass is 10.1. The van der Waals surface area contributed by atoms with Gasteiger partial charge < -0.3 is 14.7 Å². The number of hydrogen-bond acceptors (Lipinski definition) is 2. The van der Waals surface area contributed by atoms with Gasteiger partial charge in [0, 0.05) is 12.1 Å². The molecule has 2 aromatic heterocycles. The van der Waals surface area contributed by atoms with Crippen LogP contribution in [0.1, 0.15) is 29.0 Å². The Kier molecular flexibility index (Phi) is 3.21. The molecule has 1 atom stereocenters. The number of carbonyl (C=O) groups is 1. The molecule has 21 heavy (non-hydrogen) atoms. The summed E-state index contributed by atoms with van der Waals surface area (Å²) in [7, 11) is 0. The number of aromatic nitrogens is 1. The summed E-state index contributed by atoms with van der Waals surface area (Å²) in [6, 6.07) is 6.38. The summed E-state index contributed by atoms with van der Waals surface area (Å²) in [5.41, 5.74) is 2.14. The molecule has 0 aliphatic heterocycles. The van der Waals surface area contributed by atoms with E-state index in [-0.39, 0.29) is 5.91 Å². The zero-order chi connectivity index (χ0) is 15.0. The van der Waals surface area contributed by atoms with E-state index in [1.807, 2.05) is 0 Å². The monoisotopic (exact) mass is 290 g/mol. The number of benzene rings is 1. The molecule has 3 rings (SSSR count). The first-order chi connectivity index (χ1) is 10.0. The number of amides is 1. The van der Waals surface area contributed by atoms with Gasteiger partial charge in [-0.1, -0.05) is 6.07 Å². The Hall–Kier alpha value is -2.63. The second-order valence-electron chi connectivity index (χ2n) is 4.75. The third kappa shape index (κ3) is 2.52. The Bertz CT molecular complexity index is 778. The Morgan fingerprint density at radius 2 is 2.05 bits per heavy atom. The molecule has 0 bridgehead atoms. The van der Waals surface area contributed by atoms with Crippen LogP contribution in [-0.2, 0) is 0 Å². The zero-order valence-corrected chi connectivity index (χ0v) is 11.1. The summed E-state index contributed by atoms with van der Waals surface area (Å²) in [5, 5.41) is 2.71. The van der Waals surface area contributed by atoms with Crippen molar-refractivity contribution < 1.29 is 18.0 Å². The molecule has 3 aromatic rings. The summed E-state index contributed by atoms with van der Waals surface area (Å²) >= 11 is 0. The number of aromatic amines is 1. The van der Waals surface area contributed by atoms with Gasteiger partial charge in [-0.05, 0) is 24.6 Å². The maximum Gasteiger partial charge on any atom is 0.268 e. The van der Waals surface area contributed by atoms with Crippen LogP contribution in [0.5, 0.6) is 0 Å². The normalized spacial score (nSPS) is 12.5. The van der Waals surface area contributed by atoms with Gasteiger partial charge in [0.1, 0.15) is 5.69 Å². The molecule has 1 amide bonds. The molecule has 108 valence electrons. The van der Waals surface area contributed by atoms with Crippen LogP contribution in [-0.4, -0.2) is 10.9 Å². The highest BCUT2D eigenvalue weighted by Crippen LogP contribution is 2.19. The molecule has 1 aromatic carbocycles. The first kappa shape index (κ1) is 13.4. The van der Waals surface area contributed by atoms with Gasteiger partial charge in [0.05, 0.1) is 17.8 Å². The number of halogens is 2. The third-order valence-corrected chi connectivity index (χ3v) is 3.28. The van der Waals surface area contributed by atoms with Crippen LogP contribution in [0.4, 0.5) is 8.78 Å². The van der Waals surface area contributed by atoms with E-state index in [1.54, 1.807) is 19.1 Å². The molecule has 0 fully saturated rings. The van der Waals surface area contributed by atoms with Gasteiger partial charge in [-0.25, -0.2) is 8.78 Å². The fourth-order valence-corrected chi connectivity index (χ4v) is 2.11. The van der Waals surface area contributed by atoms with E-state index in [0.717, 1.165) is 17.6 Å². The van der Waals surface area contributed by atoms with Gasteiger partial charge in [-0.2, -0.15) is 0 Å². The molecule has 0 radical (unpaired) electrons. The van der Waals surface area contributed by atoms with Crippen LogP contribution >= 0.6 is 0 Å². The largest absolute Gasteiger partial charge is 0.463 e. The van der Waals surface area contributed by atoms with E-state index in [4.69, 9.17) is 4.42 Å². The van der Waals surface area contributed by atoms with Gasteiger partial charge in [0.25, 0.3) is 5.91 Å². The molecule has 6 heteroatoms. The number of rotatable bonds is 3. The van der Waals surface area contributed by atoms with Crippen LogP contribution < -0.4 is 5.32 Å². The van der Waals surface area contributed by atoms with Crippen molar-refractivity contribution in [3.05, 3.63) is 59.5 Å². The minimum Gasteiger partial charge on any atom is -0.463 e. The molecule has 0 saturated carbocycles. The van der Waals surface area contributed by atoms with E-state index in [0.29, 0.717) is 16.8 Å². The number of hydrogen-bond donors (Lipinski definition) is 2. The van der Waals surface area contributed by atoms with Crippen molar-refractivity contribution >= 4 is 17.0 Å². The third-order valence-electron chi connectivity index (χ3n) is 3.28. The molecule has 0 aliphatic rings. The quantitative estimate of drug-likeness (QED) is 0.775. The number of carbonyl (C=O) groups excluding carboxylic acids is 1. The highest BCUT2D eigenvalue weighted by molar-refractivity contribution is 5.96. The van der Waals surface area contributed by atoms with Gasteiger partial charge in [0.2, 0.25) is 0 Å². The number of nitrogens with one attached hydrogen (secondary N) is 2. The maximum absolute atomic E-state index is 13.2. The maximum atomic E-state index is 13.2. The van der Waals surface area contributed by atoms with Gasteiger partial charge in [-0.3, -0.25) is 4.79 Å². The average Bonchev–Trinajstić information content (AvgIpc) is 3.02. The number of H-pyrrole nitrogens is 1. The molecular formula is C15H12F2N2O2. The standard InChI is InChI=1S/C15H12F2N2O2/c1-8(9-2-3-10(16)11(17)6-9)18-15(20)13-7-14-12(19-13)4-5-21-14/h2-8,19H,1H3,(H,18,20). The summed E-state index contributed by atoms with van der Waals surface area (Å²) in [4.78, 5) is 15.0. The van der Waals surface area contributed by atoms with E-state index in [2.05, 4.69) is 10.3 Å². The van der Waals surface area contributed by atoms with Crippen molar-refractivity contribution in [1.29, 1.82) is 0 Å². The van der Waals surface area contributed by atoms with E-state index < -0.39 is 17.7 Å². The Labute approximate surface area is 118 Å². The second-order valence-corrected chi connectivity index (χ2v) is 4.75. The molecule has 2 N–H and O–H groups in total. The minimum atomic E-state index is -0.939. The molecule has 0 aliphatic carbocycles. The highest BCUT2D eigenvalue weighted by atomic mass is 19.2. The molecule has 0 spiro atoms. The van der Waals surface area contributed by atoms with Crippen molar-refractivity contribution in [2.24, 2.45) is 0 Å². The first-order valence-corrected chi connectivity index (χ1v) is 6.36. The Morgan fingerprint density at radius 3 is 2.76 bits per heavy atom. The van der Waals surface area contributed by atoms with Gasteiger partial charge >= 0.3 is 0 Å². The summed E-state index contributed by atoms with van der Waals surface area (Å²) in [5.74, 6) is -2.20. The molecule has 4 nitrogen and oxygen atoms in total. The lowest BCUT2D eigenvalue weighted by Gasteiger charge is -2.14. The van der Waals surface area contributed by atoms with Gasteiger partial charge in [-0.15, -0.1) is 0 Å². The molecular weight excluding hydrogens is 278 g/mol. The fraction of sp³-hybridized carbons (Fsp3) is 0.133.